The van der Waals surface area contributed by atoms with Crippen LogP contribution in [0, 0.1) is 0 Å². The van der Waals surface area contributed by atoms with Crippen LogP contribution < -0.4 is 0 Å². The number of carboxylic acid groups (broad SMARTS) is 1. The Morgan fingerprint density at radius 3 is 2.30 bits per heavy atom. The molecule has 0 unspecified atom stereocenters. The Balaban J connectivity index is 2.09. The molecule has 0 atom stereocenters. The van der Waals surface area contributed by atoms with Crippen molar-refractivity contribution in [2.24, 2.45) is 0 Å². The largest absolute Gasteiger partial charge is 0.477 e. The number of hydrogen-bond donors (Lipinski definition) is 1. The molecule has 2 rings (SSSR count). The molecular formula is C15H12O3S2. The summed E-state index contributed by atoms with van der Waals surface area (Å²) in [5.74, 6) is -1.19. The standard InChI is InChI=1S/C15H12O3S2/c1-19-11-5-2-10(3-6-11)4-7-12(16)13-8-9-14(20-13)15(17)18/h2-9H,1H3,(H,17,18)/b7-4+. The van der Waals surface area contributed by atoms with E-state index >= 15 is 0 Å². The van der Waals surface area contributed by atoms with Crippen LogP contribution in [0.25, 0.3) is 6.08 Å². The maximum Gasteiger partial charge on any atom is 0.345 e. The van der Waals surface area contributed by atoms with E-state index in [4.69, 9.17) is 5.11 Å². The van der Waals surface area contributed by atoms with Crippen molar-refractivity contribution < 1.29 is 14.7 Å². The Kier molecular flexibility index (Phi) is 4.76. The molecule has 1 heterocycles. The third-order valence-corrected chi connectivity index (χ3v) is 4.43. The van der Waals surface area contributed by atoms with E-state index in [0.717, 1.165) is 21.8 Å². The highest BCUT2D eigenvalue weighted by Crippen LogP contribution is 2.19. The van der Waals surface area contributed by atoms with Crippen molar-refractivity contribution in [1.29, 1.82) is 0 Å². The van der Waals surface area contributed by atoms with Gasteiger partial charge in [0.1, 0.15) is 4.88 Å². The van der Waals surface area contributed by atoms with Crippen LogP contribution in [0.5, 0.6) is 0 Å². The van der Waals surface area contributed by atoms with Crippen LogP contribution in [0.1, 0.15) is 24.9 Å². The highest BCUT2D eigenvalue weighted by Gasteiger charge is 2.10. The predicted molar refractivity (Wildman–Crippen MR) is 82.9 cm³/mol. The molecule has 0 aliphatic heterocycles. The summed E-state index contributed by atoms with van der Waals surface area (Å²) in [7, 11) is 0. The number of thioether (sulfide) groups is 1. The number of aromatic carboxylic acids is 1. The van der Waals surface area contributed by atoms with E-state index in [1.54, 1.807) is 17.8 Å². The van der Waals surface area contributed by atoms with Gasteiger partial charge < -0.3 is 5.11 Å². The van der Waals surface area contributed by atoms with E-state index in [0.29, 0.717) is 4.88 Å². The number of carbonyl (C=O) groups excluding carboxylic acids is 1. The molecule has 0 aliphatic carbocycles. The molecule has 1 N–H and O–H groups in total. The van der Waals surface area contributed by atoms with Gasteiger partial charge in [0.15, 0.2) is 5.78 Å². The van der Waals surface area contributed by atoms with Gasteiger partial charge in [-0.1, -0.05) is 18.2 Å². The molecular weight excluding hydrogens is 292 g/mol. The van der Waals surface area contributed by atoms with Crippen LogP contribution >= 0.6 is 23.1 Å². The summed E-state index contributed by atoms with van der Waals surface area (Å²) in [6.45, 7) is 0. The minimum Gasteiger partial charge on any atom is -0.477 e. The molecule has 2 aromatic rings. The predicted octanol–water partition coefficient (Wildman–Crippen LogP) is 4.06. The fourth-order valence-electron chi connectivity index (χ4n) is 1.55. The van der Waals surface area contributed by atoms with Crippen LogP contribution in [0.2, 0.25) is 0 Å². The minimum atomic E-state index is -1.01. The molecule has 0 spiro atoms. The zero-order chi connectivity index (χ0) is 14.5. The first kappa shape index (κ1) is 14.6. The second-order valence-electron chi connectivity index (χ2n) is 3.94. The summed E-state index contributed by atoms with van der Waals surface area (Å²) in [5, 5.41) is 8.82. The van der Waals surface area contributed by atoms with Crippen LogP contribution in [-0.4, -0.2) is 23.1 Å². The first-order valence-corrected chi connectivity index (χ1v) is 7.84. The van der Waals surface area contributed by atoms with Gasteiger partial charge in [-0.15, -0.1) is 23.1 Å². The van der Waals surface area contributed by atoms with Crippen LogP contribution in [0.4, 0.5) is 0 Å². The summed E-state index contributed by atoms with van der Waals surface area (Å²) in [5.41, 5.74) is 0.936. The van der Waals surface area contributed by atoms with Crippen LogP contribution in [0.3, 0.4) is 0 Å². The maximum atomic E-state index is 11.9. The topological polar surface area (TPSA) is 54.4 Å². The van der Waals surface area contributed by atoms with Gasteiger partial charge in [-0.05, 0) is 42.2 Å². The van der Waals surface area contributed by atoms with Crippen molar-refractivity contribution in [3.63, 3.8) is 0 Å². The zero-order valence-electron chi connectivity index (χ0n) is 10.7. The fourth-order valence-corrected chi connectivity index (χ4v) is 2.73. The summed E-state index contributed by atoms with van der Waals surface area (Å²) >= 11 is 2.65. The van der Waals surface area contributed by atoms with E-state index in [-0.39, 0.29) is 10.7 Å². The minimum absolute atomic E-state index is 0.172. The number of allylic oxidation sites excluding steroid dienone is 1. The lowest BCUT2D eigenvalue weighted by molar-refractivity contribution is 0.0702. The quantitative estimate of drug-likeness (QED) is 0.514. The van der Waals surface area contributed by atoms with Crippen molar-refractivity contribution in [3.05, 3.63) is 57.8 Å². The van der Waals surface area contributed by atoms with Gasteiger partial charge in [0.2, 0.25) is 0 Å². The first-order valence-electron chi connectivity index (χ1n) is 5.80. The van der Waals surface area contributed by atoms with E-state index in [2.05, 4.69) is 0 Å². The lowest BCUT2D eigenvalue weighted by Crippen LogP contribution is -1.91. The molecule has 0 aliphatic rings. The first-order chi connectivity index (χ1) is 9.60. The van der Waals surface area contributed by atoms with Crippen molar-refractivity contribution in [3.8, 4) is 0 Å². The van der Waals surface area contributed by atoms with Gasteiger partial charge in [0.25, 0.3) is 0 Å². The molecule has 102 valence electrons. The smallest absolute Gasteiger partial charge is 0.345 e. The van der Waals surface area contributed by atoms with E-state index in [9.17, 15) is 9.59 Å². The molecule has 20 heavy (non-hydrogen) atoms. The van der Waals surface area contributed by atoms with E-state index in [1.807, 2.05) is 30.5 Å². The van der Waals surface area contributed by atoms with Gasteiger partial charge in [-0.2, -0.15) is 0 Å². The highest BCUT2D eigenvalue weighted by molar-refractivity contribution is 7.98. The number of rotatable bonds is 5. The Hall–Kier alpha value is -1.85. The average molecular weight is 304 g/mol. The number of hydrogen-bond acceptors (Lipinski definition) is 4. The number of ketones is 1. The summed E-state index contributed by atoms with van der Waals surface area (Å²) < 4.78 is 0. The number of carboxylic acids is 1. The molecule has 0 amide bonds. The lowest BCUT2D eigenvalue weighted by atomic mass is 10.2. The summed E-state index contributed by atoms with van der Waals surface area (Å²) in [6.07, 6.45) is 5.20. The number of carbonyl (C=O) groups is 2. The Morgan fingerprint density at radius 1 is 1.10 bits per heavy atom. The molecule has 0 radical (unpaired) electrons. The monoisotopic (exact) mass is 304 g/mol. The molecule has 0 bridgehead atoms. The van der Waals surface area contributed by atoms with Crippen molar-refractivity contribution in [1.82, 2.24) is 0 Å². The Morgan fingerprint density at radius 2 is 1.75 bits per heavy atom. The third kappa shape index (κ3) is 3.59. The zero-order valence-corrected chi connectivity index (χ0v) is 12.3. The van der Waals surface area contributed by atoms with Gasteiger partial charge in [-0.3, -0.25) is 4.79 Å². The normalized spacial score (nSPS) is 10.8. The number of benzene rings is 1. The second-order valence-corrected chi connectivity index (χ2v) is 5.90. The van der Waals surface area contributed by atoms with Gasteiger partial charge in [0.05, 0.1) is 4.88 Å². The van der Waals surface area contributed by atoms with E-state index < -0.39 is 5.97 Å². The molecule has 0 saturated carbocycles. The molecule has 0 fully saturated rings. The van der Waals surface area contributed by atoms with Crippen LogP contribution in [0.15, 0.2) is 47.4 Å². The fraction of sp³-hybridized carbons (Fsp3) is 0.0667. The van der Waals surface area contributed by atoms with Gasteiger partial charge in [-0.25, -0.2) is 4.79 Å². The van der Waals surface area contributed by atoms with Crippen molar-refractivity contribution in [2.75, 3.05) is 6.26 Å². The van der Waals surface area contributed by atoms with E-state index in [1.165, 1.54) is 18.2 Å². The molecule has 3 nitrogen and oxygen atoms in total. The van der Waals surface area contributed by atoms with Crippen LogP contribution in [-0.2, 0) is 0 Å². The molecule has 1 aromatic heterocycles. The Bertz CT molecular complexity index is 654. The molecule has 0 saturated heterocycles. The SMILES string of the molecule is CSc1ccc(/C=C/C(=O)c2ccc(C(=O)O)s2)cc1. The lowest BCUT2D eigenvalue weighted by Gasteiger charge is -1.96. The van der Waals surface area contributed by atoms with Crippen molar-refractivity contribution >= 4 is 40.9 Å². The molecule has 5 heteroatoms. The highest BCUT2D eigenvalue weighted by atomic mass is 32.2. The van der Waals surface area contributed by atoms with Crippen molar-refractivity contribution in [2.45, 2.75) is 4.90 Å². The number of thiophene rings is 1. The summed E-state index contributed by atoms with van der Waals surface area (Å²) in [4.78, 5) is 24.4. The van der Waals surface area contributed by atoms with Gasteiger partial charge in [0, 0.05) is 4.90 Å². The molecule has 1 aromatic carbocycles. The Labute approximate surface area is 125 Å². The third-order valence-electron chi connectivity index (χ3n) is 2.60. The maximum absolute atomic E-state index is 11.9. The second kappa shape index (κ2) is 6.54. The average Bonchev–Trinajstić information content (AvgIpc) is 2.95. The summed E-state index contributed by atoms with van der Waals surface area (Å²) in [6, 6.07) is 10.8. The van der Waals surface area contributed by atoms with Gasteiger partial charge >= 0.3 is 5.97 Å².